The molecule has 2 aliphatic rings. The third kappa shape index (κ3) is 5.13. The molecule has 1 fully saturated rings. The predicted molar refractivity (Wildman–Crippen MR) is 119 cm³/mol. The number of amidine groups is 1. The van der Waals surface area contributed by atoms with Crippen LogP contribution in [0.2, 0.25) is 0 Å². The molecule has 4 rings (SSSR count). The van der Waals surface area contributed by atoms with Gasteiger partial charge in [0, 0.05) is 28.8 Å². The smallest absolute Gasteiger partial charge is 0.394 e. The van der Waals surface area contributed by atoms with Gasteiger partial charge < -0.3 is 10.4 Å². The van der Waals surface area contributed by atoms with Gasteiger partial charge in [0.15, 0.2) is 11.6 Å². The number of nitro benzene ring substituents is 1. The number of halogens is 8. The van der Waals surface area contributed by atoms with Gasteiger partial charge in [0.2, 0.25) is 5.17 Å². The molecule has 0 bridgehead atoms. The Morgan fingerprint density at radius 1 is 1.23 bits per heavy atom. The number of nitrogens with zero attached hydrogens (tertiary/aromatic N) is 4. The molecule has 0 atom stereocenters. The summed E-state index contributed by atoms with van der Waals surface area (Å²) in [4.78, 5) is 26.5. The van der Waals surface area contributed by atoms with Crippen LogP contribution in [0.5, 0.6) is 0 Å². The van der Waals surface area contributed by atoms with Gasteiger partial charge >= 0.3 is 18.0 Å². The number of pyridine rings is 1. The fourth-order valence-corrected chi connectivity index (χ4v) is 4.53. The number of hydrogen-bond donors (Lipinski definition) is 4. The maximum Gasteiger partial charge on any atom is 0.460 e. The van der Waals surface area contributed by atoms with Crippen molar-refractivity contribution in [2.45, 2.75) is 41.3 Å². The number of thioether (sulfide) groups is 1. The number of nitro groups is 1. The zero-order valence-electron chi connectivity index (χ0n) is 19.5. The van der Waals surface area contributed by atoms with Crippen LogP contribution in [0.1, 0.15) is 28.8 Å². The van der Waals surface area contributed by atoms with E-state index in [0.717, 1.165) is 23.9 Å². The van der Waals surface area contributed by atoms with Gasteiger partial charge in [0.25, 0.3) is 11.6 Å². The van der Waals surface area contributed by atoms with Crippen molar-refractivity contribution in [3.63, 3.8) is 0 Å². The van der Waals surface area contributed by atoms with Crippen LogP contribution >= 0.6 is 11.8 Å². The molecule has 0 saturated heterocycles. The molecule has 1 aliphatic carbocycles. The molecule has 216 valence electrons. The number of aliphatic hydroxyl groups excluding tert-OH is 1. The first-order valence-corrected chi connectivity index (χ1v) is 11.7. The molecule has 2 aromatic rings. The van der Waals surface area contributed by atoms with E-state index < -0.39 is 62.8 Å². The Morgan fingerprint density at radius 3 is 2.45 bits per heavy atom. The second-order valence-corrected chi connectivity index (χ2v) is 9.59. The summed E-state index contributed by atoms with van der Waals surface area (Å²) in [6, 6.07) is 2.67. The average molecular weight is 602 g/mol. The number of amides is 1. The Hall–Kier alpha value is -3.62. The van der Waals surface area contributed by atoms with Crippen molar-refractivity contribution in [2.75, 3.05) is 11.9 Å². The van der Waals surface area contributed by atoms with E-state index in [-0.39, 0.29) is 28.9 Å². The van der Waals surface area contributed by atoms with Crippen LogP contribution in [0, 0.1) is 15.9 Å². The molecule has 1 amide bonds. The summed E-state index contributed by atoms with van der Waals surface area (Å²) in [5, 5.41) is 28.7. The number of benzene rings is 1. The van der Waals surface area contributed by atoms with Gasteiger partial charge in [-0.05, 0) is 47.4 Å². The van der Waals surface area contributed by atoms with E-state index in [2.05, 4.69) is 15.6 Å². The number of nitrogens with one attached hydrogen (secondary N) is 2. The molecule has 1 aliphatic heterocycles. The topological polar surface area (TPSA) is 150 Å². The van der Waals surface area contributed by atoms with Crippen molar-refractivity contribution in [2.24, 2.45) is 5.10 Å². The van der Waals surface area contributed by atoms with Gasteiger partial charge in [-0.15, -0.1) is 5.53 Å². The predicted octanol–water partition coefficient (Wildman–Crippen LogP) is 2.86. The number of nitrogens with two attached hydrogens (primary N) is 1. The number of non-ortho nitro benzene ring substituents is 1. The highest BCUT2D eigenvalue weighted by Gasteiger charge is 2.73. The largest absolute Gasteiger partial charge is 0.460 e. The lowest BCUT2D eigenvalue weighted by Gasteiger charge is -2.28. The molecule has 20 heteroatoms. The SMILES string of the molecule is O=C(Nc1ncc(C(F)(F)C(F)(F)C(F)(F)F)cc1F)c1cc([N+](=O)[O-])ccc1SC1=N[NH2+]NN1C1(CO)CC1. The van der Waals surface area contributed by atoms with Crippen molar-refractivity contribution >= 4 is 34.3 Å². The number of anilines is 1. The lowest BCUT2D eigenvalue weighted by molar-refractivity contribution is -0.726. The summed E-state index contributed by atoms with van der Waals surface area (Å²) >= 11 is 0.827. The highest BCUT2D eigenvalue weighted by atomic mass is 32.2. The molecule has 1 aromatic heterocycles. The second-order valence-electron chi connectivity index (χ2n) is 8.58. The molecule has 11 nitrogen and oxygen atoms in total. The van der Waals surface area contributed by atoms with Crippen LogP contribution in [-0.4, -0.2) is 55.3 Å². The molecule has 0 spiro atoms. The summed E-state index contributed by atoms with van der Waals surface area (Å²) in [6.07, 6.45) is -5.63. The molecule has 40 heavy (non-hydrogen) atoms. The molecule has 1 saturated carbocycles. The fraction of sp³-hybridized carbons (Fsp3) is 0.350. The number of alkyl halides is 7. The number of hydrazine groups is 1. The lowest BCUT2D eigenvalue weighted by atomic mass is 10.0. The van der Waals surface area contributed by atoms with Crippen molar-refractivity contribution in [3.8, 4) is 0 Å². The van der Waals surface area contributed by atoms with Gasteiger partial charge in [0.05, 0.1) is 22.6 Å². The molecule has 2 heterocycles. The van der Waals surface area contributed by atoms with E-state index >= 15 is 0 Å². The van der Waals surface area contributed by atoms with E-state index in [9.17, 15) is 55.1 Å². The van der Waals surface area contributed by atoms with Crippen molar-refractivity contribution in [1.82, 2.24) is 15.5 Å². The Labute approximate surface area is 221 Å². The Kier molecular flexibility index (Phi) is 7.41. The maximum atomic E-state index is 14.5. The fourth-order valence-electron chi connectivity index (χ4n) is 3.50. The Bertz CT molecular complexity index is 1390. The Morgan fingerprint density at radius 2 is 1.90 bits per heavy atom. The van der Waals surface area contributed by atoms with Crippen LogP contribution in [0.4, 0.5) is 46.6 Å². The minimum Gasteiger partial charge on any atom is -0.394 e. The first-order valence-electron chi connectivity index (χ1n) is 10.9. The van der Waals surface area contributed by atoms with Crippen molar-refractivity contribution in [1.29, 1.82) is 0 Å². The average Bonchev–Trinajstić information content (AvgIpc) is 3.54. The summed E-state index contributed by atoms with van der Waals surface area (Å²) in [5.74, 6) is -16.7. The lowest BCUT2D eigenvalue weighted by Crippen LogP contribution is -2.88. The van der Waals surface area contributed by atoms with Crippen LogP contribution in [-0.2, 0) is 5.92 Å². The summed E-state index contributed by atoms with van der Waals surface area (Å²) in [5.41, 5.74) is 0.314. The van der Waals surface area contributed by atoms with Gasteiger partial charge in [0.1, 0.15) is 0 Å². The minimum atomic E-state index is -6.67. The van der Waals surface area contributed by atoms with E-state index in [1.165, 1.54) is 16.6 Å². The number of carbonyl (C=O) groups excluding carboxylic acids is 1. The van der Waals surface area contributed by atoms with E-state index in [1.807, 2.05) is 5.32 Å². The number of carbonyl (C=O) groups is 1. The summed E-state index contributed by atoms with van der Waals surface area (Å²) < 4.78 is 106. The van der Waals surface area contributed by atoms with E-state index in [4.69, 9.17) is 0 Å². The zero-order chi connectivity index (χ0) is 29.7. The first kappa shape index (κ1) is 29.4. The number of aliphatic hydroxyl groups is 1. The van der Waals surface area contributed by atoms with Gasteiger partial charge in [-0.2, -0.15) is 30.7 Å². The first-order chi connectivity index (χ1) is 18.5. The number of aromatic nitrogens is 1. The van der Waals surface area contributed by atoms with Crippen molar-refractivity contribution in [3.05, 3.63) is 57.5 Å². The standard InChI is InChI=1S/C20H15F8N7O4S/c21-12-5-9(18(22,23)19(24,25)20(26,27)28)7-29-14(12)30-15(37)11-6-10(35(38)39)1-2-13(11)40-16-31-32-33-34(16)17(8-36)3-4-17/h1-2,5-7,32-33,36H,3-4,8H2,(H,29,30,37)/p+1. The van der Waals surface area contributed by atoms with Crippen LogP contribution in [0.15, 0.2) is 40.5 Å². The molecule has 0 radical (unpaired) electrons. The monoisotopic (exact) mass is 602 g/mol. The van der Waals surface area contributed by atoms with Crippen LogP contribution in [0.25, 0.3) is 0 Å². The van der Waals surface area contributed by atoms with Gasteiger partial charge in [-0.25, -0.2) is 14.4 Å². The Balaban J connectivity index is 1.62. The van der Waals surface area contributed by atoms with Crippen molar-refractivity contribution < 1.29 is 55.5 Å². The van der Waals surface area contributed by atoms with E-state index in [1.54, 1.807) is 0 Å². The third-order valence-corrected chi connectivity index (χ3v) is 7.00. The number of rotatable bonds is 8. The summed E-state index contributed by atoms with van der Waals surface area (Å²) in [7, 11) is 0. The highest BCUT2D eigenvalue weighted by molar-refractivity contribution is 8.13. The second kappa shape index (κ2) is 10.1. The van der Waals surface area contributed by atoms with Crippen LogP contribution < -0.4 is 16.4 Å². The minimum absolute atomic E-state index is 0.0334. The summed E-state index contributed by atoms with van der Waals surface area (Å²) in [6.45, 7) is -0.240. The van der Waals surface area contributed by atoms with Gasteiger partial charge in [-0.3, -0.25) is 14.9 Å². The quantitative estimate of drug-likeness (QED) is 0.156. The number of hydrogen-bond acceptors (Lipinski definition) is 9. The number of quaternary nitrogens is 1. The molecule has 5 N–H and O–H groups in total. The normalized spacial score (nSPS) is 17.0. The zero-order valence-corrected chi connectivity index (χ0v) is 20.3. The molecule has 0 unspecified atom stereocenters. The van der Waals surface area contributed by atoms with Gasteiger partial charge in [-0.1, -0.05) is 0 Å². The maximum absolute atomic E-state index is 14.5. The molecule has 1 aromatic carbocycles. The van der Waals surface area contributed by atoms with E-state index in [0.29, 0.717) is 12.8 Å². The van der Waals surface area contributed by atoms with Crippen LogP contribution in [0.3, 0.4) is 0 Å². The molecular weight excluding hydrogens is 586 g/mol. The third-order valence-electron chi connectivity index (χ3n) is 5.95. The highest BCUT2D eigenvalue weighted by Crippen LogP contribution is 2.52. The molecular formula is C20H16F8N7O4S+.